The molecule has 4 nitrogen and oxygen atoms in total. The van der Waals surface area contributed by atoms with Crippen molar-refractivity contribution in [3.8, 4) is 0 Å². The molecule has 2 aromatic rings. The van der Waals surface area contributed by atoms with Gasteiger partial charge in [0, 0.05) is 12.3 Å². The standard InChI is InChI=1S/C11H13N3O/c12-8-1-2-10-11(5-8)14(7-13-10)6-9-3-4-15-9/h1-2,5,7,9H,3-4,6,12H2/t9-/m0/s1. The number of ether oxygens (including phenoxy) is 1. The third kappa shape index (κ3) is 1.47. The van der Waals surface area contributed by atoms with Gasteiger partial charge < -0.3 is 15.0 Å². The maximum Gasteiger partial charge on any atom is 0.0959 e. The van der Waals surface area contributed by atoms with Crippen molar-refractivity contribution in [1.29, 1.82) is 0 Å². The molecule has 78 valence electrons. The van der Waals surface area contributed by atoms with Gasteiger partial charge in [0.15, 0.2) is 0 Å². The highest BCUT2D eigenvalue weighted by molar-refractivity contribution is 5.78. The Kier molecular flexibility index (Phi) is 1.89. The van der Waals surface area contributed by atoms with Crippen molar-refractivity contribution in [1.82, 2.24) is 9.55 Å². The molecule has 1 aliphatic rings. The van der Waals surface area contributed by atoms with Crippen LogP contribution in [0.3, 0.4) is 0 Å². The van der Waals surface area contributed by atoms with E-state index in [1.807, 2.05) is 24.5 Å². The average Bonchev–Trinajstić information content (AvgIpc) is 2.54. The summed E-state index contributed by atoms with van der Waals surface area (Å²) in [6, 6.07) is 5.78. The predicted octanol–water partition coefficient (Wildman–Crippen LogP) is 1.41. The summed E-state index contributed by atoms with van der Waals surface area (Å²) in [4.78, 5) is 4.32. The molecule has 1 aromatic heterocycles. The smallest absolute Gasteiger partial charge is 0.0959 e. The zero-order valence-corrected chi connectivity index (χ0v) is 8.39. The number of nitrogens with two attached hydrogens (primary N) is 1. The zero-order valence-electron chi connectivity index (χ0n) is 8.39. The molecule has 4 heteroatoms. The van der Waals surface area contributed by atoms with Gasteiger partial charge in [-0.3, -0.25) is 0 Å². The van der Waals surface area contributed by atoms with Gasteiger partial charge in [0.2, 0.25) is 0 Å². The minimum atomic E-state index is 0.351. The van der Waals surface area contributed by atoms with Crippen LogP contribution in [0.1, 0.15) is 6.42 Å². The predicted molar refractivity (Wildman–Crippen MR) is 58.5 cm³/mol. The van der Waals surface area contributed by atoms with Crippen LogP contribution in [-0.4, -0.2) is 22.3 Å². The molecule has 0 aliphatic carbocycles. The lowest BCUT2D eigenvalue weighted by Crippen LogP contribution is -2.30. The highest BCUT2D eigenvalue weighted by Gasteiger charge is 2.19. The average molecular weight is 203 g/mol. The molecule has 3 rings (SSSR count). The Hall–Kier alpha value is -1.55. The van der Waals surface area contributed by atoms with E-state index in [9.17, 15) is 0 Å². The molecule has 1 aromatic carbocycles. The summed E-state index contributed by atoms with van der Waals surface area (Å²) >= 11 is 0. The first kappa shape index (κ1) is 8.73. The summed E-state index contributed by atoms with van der Waals surface area (Å²) in [5.41, 5.74) is 8.61. The van der Waals surface area contributed by atoms with Crippen LogP contribution in [0.25, 0.3) is 11.0 Å². The fourth-order valence-electron chi connectivity index (χ4n) is 1.87. The highest BCUT2D eigenvalue weighted by atomic mass is 16.5. The van der Waals surface area contributed by atoms with E-state index in [-0.39, 0.29) is 0 Å². The number of rotatable bonds is 2. The van der Waals surface area contributed by atoms with Crippen LogP contribution in [0.4, 0.5) is 5.69 Å². The molecule has 1 saturated heterocycles. The Morgan fingerprint density at radius 3 is 3.13 bits per heavy atom. The van der Waals surface area contributed by atoms with Crippen LogP contribution in [0.2, 0.25) is 0 Å². The van der Waals surface area contributed by atoms with Crippen LogP contribution in [0.15, 0.2) is 24.5 Å². The topological polar surface area (TPSA) is 53.1 Å². The van der Waals surface area contributed by atoms with Gasteiger partial charge in [0.1, 0.15) is 0 Å². The molecular weight excluding hydrogens is 190 g/mol. The lowest BCUT2D eigenvalue weighted by atomic mass is 10.2. The van der Waals surface area contributed by atoms with E-state index in [4.69, 9.17) is 10.5 Å². The van der Waals surface area contributed by atoms with Gasteiger partial charge in [-0.05, 0) is 24.6 Å². The summed E-state index contributed by atoms with van der Waals surface area (Å²) in [5.74, 6) is 0. The molecule has 15 heavy (non-hydrogen) atoms. The van der Waals surface area contributed by atoms with E-state index < -0.39 is 0 Å². The number of hydrogen-bond acceptors (Lipinski definition) is 3. The number of hydrogen-bond donors (Lipinski definition) is 1. The molecule has 2 N–H and O–H groups in total. The van der Waals surface area contributed by atoms with E-state index in [0.29, 0.717) is 6.10 Å². The minimum Gasteiger partial charge on any atom is -0.399 e. The van der Waals surface area contributed by atoms with E-state index in [1.54, 1.807) is 0 Å². The molecule has 2 heterocycles. The van der Waals surface area contributed by atoms with Gasteiger partial charge in [-0.2, -0.15) is 0 Å². The van der Waals surface area contributed by atoms with Gasteiger partial charge in [-0.25, -0.2) is 4.98 Å². The first-order valence-corrected chi connectivity index (χ1v) is 5.15. The molecule has 0 unspecified atom stereocenters. The van der Waals surface area contributed by atoms with Gasteiger partial charge in [0.25, 0.3) is 0 Å². The molecule has 0 radical (unpaired) electrons. The number of anilines is 1. The highest BCUT2D eigenvalue weighted by Crippen LogP contribution is 2.19. The van der Waals surface area contributed by atoms with Crippen molar-refractivity contribution in [2.75, 3.05) is 12.3 Å². The van der Waals surface area contributed by atoms with E-state index in [0.717, 1.165) is 36.3 Å². The van der Waals surface area contributed by atoms with Crippen LogP contribution < -0.4 is 5.73 Å². The monoisotopic (exact) mass is 203 g/mol. The maximum atomic E-state index is 5.76. The molecule has 0 amide bonds. The van der Waals surface area contributed by atoms with Gasteiger partial charge >= 0.3 is 0 Å². The quantitative estimate of drug-likeness (QED) is 0.751. The summed E-state index contributed by atoms with van der Waals surface area (Å²) in [7, 11) is 0. The number of fused-ring (bicyclic) bond motifs is 1. The Balaban J connectivity index is 1.98. The van der Waals surface area contributed by atoms with Crippen LogP contribution >= 0.6 is 0 Å². The van der Waals surface area contributed by atoms with Gasteiger partial charge in [-0.15, -0.1) is 0 Å². The fourth-order valence-corrected chi connectivity index (χ4v) is 1.87. The largest absolute Gasteiger partial charge is 0.399 e. The number of imidazole rings is 1. The Morgan fingerprint density at radius 2 is 2.40 bits per heavy atom. The number of benzene rings is 1. The second-order valence-corrected chi connectivity index (χ2v) is 3.93. The molecule has 1 atom stereocenters. The lowest BCUT2D eigenvalue weighted by Gasteiger charge is -2.26. The van der Waals surface area contributed by atoms with Crippen molar-refractivity contribution in [3.63, 3.8) is 0 Å². The molecule has 1 aliphatic heterocycles. The van der Waals surface area contributed by atoms with Crippen molar-refractivity contribution < 1.29 is 4.74 Å². The maximum absolute atomic E-state index is 5.76. The van der Waals surface area contributed by atoms with Crippen molar-refractivity contribution in [2.45, 2.75) is 19.1 Å². The van der Waals surface area contributed by atoms with Crippen molar-refractivity contribution in [3.05, 3.63) is 24.5 Å². The SMILES string of the molecule is Nc1ccc2ncn(C[C@@H]3CCO3)c2c1. The summed E-state index contributed by atoms with van der Waals surface area (Å²) in [6.45, 7) is 1.76. The van der Waals surface area contributed by atoms with Crippen LogP contribution in [0.5, 0.6) is 0 Å². The third-order valence-electron chi connectivity index (χ3n) is 2.84. The Bertz CT molecular complexity index is 488. The molecule has 0 spiro atoms. The second kappa shape index (κ2) is 3.24. The van der Waals surface area contributed by atoms with E-state index in [1.165, 1.54) is 0 Å². The number of nitrogen functional groups attached to an aromatic ring is 1. The number of nitrogens with zero attached hydrogens (tertiary/aromatic N) is 2. The van der Waals surface area contributed by atoms with Crippen molar-refractivity contribution >= 4 is 16.7 Å². The van der Waals surface area contributed by atoms with Crippen LogP contribution in [0, 0.1) is 0 Å². The molecule has 0 bridgehead atoms. The van der Waals surface area contributed by atoms with Gasteiger partial charge in [0.05, 0.1) is 30.0 Å². The lowest BCUT2D eigenvalue weighted by molar-refractivity contribution is -0.0586. The van der Waals surface area contributed by atoms with Crippen molar-refractivity contribution in [2.24, 2.45) is 0 Å². The van der Waals surface area contributed by atoms with E-state index >= 15 is 0 Å². The summed E-state index contributed by atoms with van der Waals surface area (Å²) < 4.78 is 7.51. The summed E-state index contributed by atoms with van der Waals surface area (Å²) in [5, 5.41) is 0. The number of aromatic nitrogens is 2. The minimum absolute atomic E-state index is 0.351. The van der Waals surface area contributed by atoms with E-state index in [2.05, 4.69) is 9.55 Å². The Morgan fingerprint density at radius 1 is 1.53 bits per heavy atom. The summed E-state index contributed by atoms with van der Waals surface area (Å²) in [6.07, 6.45) is 3.34. The first-order valence-electron chi connectivity index (χ1n) is 5.15. The Labute approximate surface area is 87.7 Å². The molecule has 1 fully saturated rings. The second-order valence-electron chi connectivity index (χ2n) is 3.93. The van der Waals surface area contributed by atoms with Crippen LogP contribution in [-0.2, 0) is 11.3 Å². The first-order chi connectivity index (χ1) is 7.33. The molecule has 0 saturated carbocycles. The fraction of sp³-hybridized carbons (Fsp3) is 0.364. The third-order valence-corrected chi connectivity index (χ3v) is 2.84. The molecular formula is C11H13N3O. The van der Waals surface area contributed by atoms with Gasteiger partial charge in [-0.1, -0.05) is 0 Å². The normalized spacial score (nSPS) is 20.4. The zero-order chi connectivity index (χ0) is 10.3.